The highest BCUT2D eigenvalue weighted by molar-refractivity contribution is 8.00. The molecule has 1 aromatic heterocycles. The molecule has 56 heavy (non-hydrogen) atoms. The van der Waals surface area contributed by atoms with Gasteiger partial charge in [-0.3, -0.25) is 0 Å². The second-order valence-corrected chi connectivity index (χ2v) is 15.2. The van der Waals surface area contributed by atoms with Gasteiger partial charge in [-0.1, -0.05) is 152 Å². The Labute approximate surface area is 331 Å². The lowest BCUT2D eigenvalue weighted by Crippen LogP contribution is -2.10. The number of thioether (sulfide) groups is 1. The van der Waals surface area contributed by atoms with E-state index in [1.54, 1.807) is 0 Å². The fourth-order valence-corrected chi connectivity index (χ4v) is 9.02. The van der Waals surface area contributed by atoms with E-state index >= 15 is 0 Å². The first-order valence-electron chi connectivity index (χ1n) is 18.9. The molecule has 1 unspecified atom stereocenters. The molecular weight excluding hydrogens is 701 g/mol. The molecule has 10 rings (SSSR count). The van der Waals surface area contributed by atoms with Gasteiger partial charge in [-0.05, 0) is 88.4 Å². The minimum absolute atomic E-state index is 0.475. The van der Waals surface area contributed by atoms with Crippen molar-refractivity contribution in [1.82, 2.24) is 15.0 Å². The number of benzene rings is 7. The molecule has 4 nitrogen and oxygen atoms in total. The smallest absolute Gasteiger partial charge is 0.164 e. The van der Waals surface area contributed by atoms with Crippen molar-refractivity contribution < 1.29 is 0 Å². The molecule has 5 heteroatoms. The molecule has 2 heterocycles. The van der Waals surface area contributed by atoms with Gasteiger partial charge in [-0.2, -0.15) is 0 Å². The second kappa shape index (κ2) is 14.8. The van der Waals surface area contributed by atoms with Gasteiger partial charge in [-0.15, -0.1) is 11.8 Å². The number of hydrogen-bond acceptors (Lipinski definition) is 5. The normalized spacial score (nSPS) is 14.3. The summed E-state index contributed by atoms with van der Waals surface area (Å²) in [6, 6.07) is 65.9. The molecule has 1 aliphatic heterocycles. The Hall–Kier alpha value is -6.82. The number of hydrogen-bond donors (Lipinski definition) is 0. The molecule has 0 fully saturated rings. The van der Waals surface area contributed by atoms with E-state index in [0.717, 1.165) is 51.3 Å². The van der Waals surface area contributed by atoms with Crippen LogP contribution in [0.1, 0.15) is 17.5 Å². The zero-order chi connectivity index (χ0) is 37.3. The summed E-state index contributed by atoms with van der Waals surface area (Å²) in [6.45, 7) is 0. The summed E-state index contributed by atoms with van der Waals surface area (Å²) in [6.07, 6.45) is 5.68. The van der Waals surface area contributed by atoms with Crippen LogP contribution in [0.2, 0.25) is 0 Å². The van der Waals surface area contributed by atoms with E-state index in [4.69, 9.17) is 15.0 Å². The monoisotopic (exact) mass is 736 g/mol. The van der Waals surface area contributed by atoms with Crippen LogP contribution in [0.5, 0.6) is 0 Å². The number of allylic oxidation sites excluding steroid dienone is 3. The van der Waals surface area contributed by atoms with Crippen LogP contribution in [0.15, 0.2) is 205 Å². The Kier molecular flexibility index (Phi) is 8.90. The van der Waals surface area contributed by atoms with Crippen LogP contribution in [0, 0.1) is 0 Å². The van der Waals surface area contributed by atoms with E-state index in [9.17, 15) is 0 Å². The van der Waals surface area contributed by atoms with Gasteiger partial charge in [0.25, 0.3) is 0 Å². The minimum Gasteiger partial charge on any atom is -0.311 e. The van der Waals surface area contributed by atoms with Gasteiger partial charge in [0.2, 0.25) is 0 Å². The molecule has 2 aliphatic rings. The quantitative estimate of drug-likeness (QED) is 0.155. The van der Waals surface area contributed by atoms with Gasteiger partial charge in [0.1, 0.15) is 0 Å². The third-order valence-corrected chi connectivity index (χ3v) is 11.8. The van der Waals surface area contributed by atoms with Crippen molar-refractivity contribution in [3.63, 3.8) is 0 Å². The SMILES string of the molecule is C1=C(c2ccc(N(c3ccccc3)c3ccc(-c4cccc(-c5nc(-c6ccccc6)nc(-c6ccccc6)n5)c4)cc3)cc2)CC2Sc3ccccc3C2=C1. The van der Waals surface area contributed by atoms with Crippen molar-refractivity contribution >= 4 is 40.0 Å². The molecule has 0 saturated carbocycles. The van der Waals surface area contributed by atoms with Gasteiger partial charge < -0.3 is 4.90 Å². The van der Waals surface area contributed by atoms with Crippen LogP contribution < -0.4 is 4.90 Å². The predicted octanol–water partition coefficient (Wildman–Crippen LogP) is 13.4. The lowest BCUT2D eigenvalue weighted by atomic mass is 9.90. The molecule has 8 aromatic rings. The Morgan fingerprint density at radius 3 is 1.55 bits per heavy atom. The Bertz CT molecular complexity index is 2670. The Balaban J connectivity index is 0.948. The van der Waals surface area contributed by atoms with Crippen molar-refractivity contribution in [2.45, 2.75) is 16.6 Å². The number of nitrogens with zero attached hydrogens (tertiary/aromatic N) is 4. The average molecular weight is 737 g/mol. The number of aromatic nitrogens is 3. The summed E-state index contributed by atoms with van der Waals surface area (Å²) >= 11 is 1.99. The number of rotatable bonds is 8. The van der Waals surface area contributed by atoms with Crippen LogP contribution in [-0.2, 0) is 0 Å². The number of anilines is 3. The maximum atomic E-state index is 4.96. The lowest BCUT2D eigenvalue weighted by Gasteiger charge is -2.26. The molecular formula is C51H36N4S. The van der Waals surface area contributed by atoms with Crippen molar-refractivity contribution in [3.05, 3.63) is 211 Å². The van der Waals surface area contributed by atoms with E-state index in [1.165, 1.54) is 27.2 Å². The molecule has 0 spiro atoms. The van der Waals surface area contributed by atoms with Crippen molar-refractivity contribution in [3.8, 4) is 45.3 Å². The first-order chi connectivity index (χ1) is 27.7. The zero-order valence-electron chi connectivity index (χ0n) is 30.5. The molecule has 1 aliphatic carbocycles. The molecule has 266 valence electrons. The van der Waals surface area contributed by atoms with Crippen LogP contribution in [0.4, 0.5) is 17.1 Å². The van der Waals surface area contributed by atoms with Crippen molar-refractivity contribution in [2.75, 3.05) is 4.90 Å². The maximum absolute atomic E-state index is 4.96. The topological polar surface area (TPSA) is 41.9 Å². The number of para-hydroxylation sites is 1. The van der Waals surface area contributed by atoms with Gasteiger partial charge >= 0.3 is 0 Å². The summed E-state index contributed by atoms with van der Waals surface area (Å²) in [4.78, 5) is 18.5. The largest absolute Gasteiger partial charge is 0.311 e. The van der Waals surface area contributed by atoms with Crippen LogP contribution in [-0.4, -0.2) is 20.2 Å². The summed E-state index contributed by atoms with van der Waals surface area (Å²) in [5, 5.41) is 0.475. The molecule has 0 saturated heterocycles. The van der Waals surface area contributed by atoms with Gasteiger partial charge in [0.05, 0.1) is 0 Å². The van der Waals surface area contributed by atoms with Crippen molar-refractivity contribution in [1.29, 1.82) is 0 Å². The van der Waals surface area contributed by atoms with E-state index in [1.807, 2.05) is 72.4 Å². The minimum atomic E-state index is 0.475. The third-order valence-electron chi connectivity index (χ3n) is 10.5. The van der Waals surface area contributed by atoms with Gasteiger partial charge in [-0.25, -0.2) is 15.0 Å². The summed E-state index contributed by atoms with van der Waals surface area (Å²) < 4.78 is 0. The summed E-state index contributed by atoms with van der Waals surface area (Å²) in [5.41, 5.74) is 13.9. The van der Waals surface area contributed by atoms with E-state index in [-0.39, 0.29) is 0 Å². The summed E-state index contributed by atoms with van der Waals surface area (Å²) in [5.74, 6) is 1.94. The standard InChI is InChI=1S/C51H36N4S/c1-4-13-37(14-5-1)49-52-50(38-15-6-2-7-16-38)54-51(53-49)41-18-12-17-39(33-41)35-23-28-43(29-24-35)55(42-19-8-3-9-20-42)44-30-25-36(26-31-44)40-27-32-46-45-21-10-11-22-47(45)56-48(46)34-40/h1-33,48H,34H2. The highest BCUT2D eigenvalue weighted by Gasteiger charge is 2.30. The molecule has 0 bridgehead atoms. The molecule has 1 atom stereocenters. The van der Waals surface area contributed by atoms with Crippen LogP contribution in [0.3, 0.4) is 0 Å². The van der Waals surface area contributed by atoms with E-state index in [2.05, 4.69) is 144 Å². The van der Waals surface area contributed by atoms with E-state index in [0.29, 0.717) is 22.7 Å². The highest BCUT2D eigenvalue weighted by Crippen LogP contribution is 2.50. The number of fused-ring (bicyclic) bond motifs is 3. The molecule has 0 amide bonds. The van der Waals surface area contributed by atoms with Gasteiger partial charge in [0.15, 0.2) is 17.5 Å². The molecule has 0 radical (unpaired) electrons. The molecule has 7 aromatic carbocycles. The predicted molar refractivity (Wildman–Crippen MR) is 233 cm³/mol. The highest BCUT2D eigenvalue weighted by atomic mass is 32.2. The molecule has 0 N–H and O–H groups in total. The second-order valence-electron chi connectivity index (χ2n) is 14.0. The van der Waals surface area contributed by atoms with E-state index < -0.39 is 0 Å². The first kappa shape index (κ1) is 33.7. The third kappa shape index (κ3) is 6.63. The zero-order valence-corrected chi connectivity index (χ0v) is 31.4. The van der Waals surface area contributed by atoms with Crippen LogP contribution in [0.25, 0.3) is 56.4 Å². The van der Waals surface area contributed by atoms with Crippen molar-refractivity contribution in [2.24, 2.45) is 0 Å². The fourth-order valence-electron chi connectivity index (χ4n) is 7.65. The summed E-state index contributed by atoms with van der Waals surface area (Å²) in [7, 11) is 0. The first-order valence-corrected chi connectivity index (χ1v) is 19.8. The lowest BCUT2D eigenvalue weighted by molar-refractivity contribution is 1.07. The van der Waals surface area contributed by atoms with Gasteiger partial charge in [0, 0.05) is 43.9 Å². The Morgan fingerprint density at radius 1 is 0.411 bits per heavy atom. The average Bonchev–Trinajstić information content (AvgIpc) is 3.66. The maximum Gasteiger partial charge on any atom is 0.164 e. The Morgan fingerprint density at radius 2 is 0.911 bits per heavy atom. The fraction of sp³-hybridized carbons (Fsp3) is 0.0392. The van der Waals surface area contributed by atoms with Crippen LogP contribution >= 0.6 is 11.8 Å².